The Kier molecular flexibility index (Phi) is 6.68. The molecule has 2 atom stereocenters. The van der Waals surface area contributed by atoms with Gasteiger partial charge in [0.25, 0.3) is 11.6 Å². The fourth-order valence-corrected chi connectivity index (χ4v) is 2.92. The van der Waals surface area contributed by atoms with Crippen molar-refractivity contribution in [1.82, 2.24) is 5.32 Å². The number of rotatable bonds is 6. The van der Waals surface area contributed by atoms with Crippen LogP contribution in [0, 0.1) is 16.0 Å². The highest BCUT2D eigenvalue weighted by Gasteiger charge is 2.23. The number of nitro benzene ring substituents is 1. The van der Waals surface area contributed by atoms with E-state index in [0.29, 0.717) is 11.5 Å². The molecule has 0 aliphatic heterocycles. The number of carbonyl (C=O) groups excluding carboxylic acids is 2. The van der Waals surface area contributed by atoms with E-state index in [1.807, 2.05) is 0 Å². The highest BCUT2D eigenvalue weighted by molar-refractivity contribution is 5.90. The lowest BCUT2D eigenvalue weighted by atomic mass is 9.86. The topological polar surface area (TPSA) is 98.5 Å². The van der Waals surface area contributed by atoms with E-state index in [1.165, 1.54) is 24.6 Å². The third-order valence-corrected chi connectivity index (χ3v) is 4.34. The fraction of sp³-hybridized carbons (Fsp3) is 0.444. The number of esters is 1. The molecule has 1 saturated carbocycles. The van der Waals surface area contributed by atoms with Crippen molar-refractivity contribution in [2.24, 2.45) is 5.92 Å². The fourth-order valence-electron chi connectivity index (χ4n) is 2.92. The van der Waals surface area contributed by atoms with Crippen molar-refractivity contribution in [1.29, 1.82) is 0 Å². The van der Waals surface area contributed by atoms with Gasteiger partial charge in [-0.2, -0.15) is 0 Å². The van der Waals surface area contributed by atoms with Crippen LogP contribution in [0.15, 0.2) is 30.3 Å². The van der Waals surface area contributed by atoms with Crippen LogP contribution in [0.1, 0.15) is 38.2 Å². The summed E-state index contributed by atoms with van der Waals surface area (Å²) in [5.74, 6) is -0.622. The van der Waals surface area contributed by atoms with Gasteiger partial charge in [0, 0.05) is 18.2 Å². The quantitative estimate of drug-likeness (QED) is 0.370. The maximum absolute atomic E-state index is 11.9. The summed E-state index contributed by atoms with van der Waals surface area (Å²) in [6.07, 6.45) is 6.69. The number of benzene rings is 1. The van der Waals surface area contributed by atoms with Crippen LogP contribution in [0.25, 0.3) is 6.08 Å². The zero-order chi connectivity index (χ0) is 18.2. The Hall–Kier alpha value is -2.70. The number of nitro groups is 1. The van der Waals surface area contributed by atoms with Crippen LogP contribution in [0.4, 0.5) is 5.69 Å². The predicted molar refractivity (Wildman–Crippen MR) is 92.7 cm³/mol. The van der Waals surface area contributed by atoms with Gasteiger partial charge in [-0.05, 0) is 30.9 Å². The highest BCUT2D eigenvalue weighted by atomic mass is 16.6. The first kappa shape index (κ1) is 18.6. The van der Waals surface area contributed by atoms with E-state index in [9.17, 15) is 19.7 Å². The van der Waals surface area contributed by atoms with Crippen LogP contribution < -0.4 is 5.32 Å². The van der Waals surface area contributed by atoms with Gasteiger partial charge in [0.05, 0.1) is 10.5 Å². The Morgan fingerprint density at radius 1 is 1.32 bits per heavy atom. The van der Waals surface area contributed by atoms with Gasteiger partial charge in [-0.25, -0.2) is 4.79 Å². The molecule has 0 aromatic heterocycles. The number of amides is 1. The SMILES string of the molecule is C[C@@H]1CCCC[C@H]1NC(=O)COC(=O)/C=C/c1ccccc1[N+](=O)[O-]. The summed E-state index contributed by atoms with van der Waals surface area (Å²) in [5, 5.41) is 13.8. The van der Waals surface area contributed by atoms with Crippen LogP contribution in [-0.2, 0) is 14.3 Å². The second-order valence-electron chi connectivity index (χ2n) is 6.19. The van der Waals surface area contributed by atoms with Crippen molar-refractivity contribution in [3.8, 4) is 0 Å². The van der Waals surface area contributed by atoms with Gasteiger partial charge in [0.1, 0.15) is 0 Å². The summed E-state index contributed by atoms with van der Waals surface area (Å²) in [4.78, 5) is 34.0. The average molecular weight is 346 g/mol. The molecule has 1 N–H and O–H groups in total. The van der Waals surface area contributed by atoms with Crippen molar-refractivity contribution in [3.05, 3.63) is 46.0 Å². The van der Waals surface area contributed by atoms with Crippen LogP contribution >= 0.6 is 0 Å². The summed E-state index contributed by atoms with van der Waals surface area (Å²) < 4.78 is 4.90. The van der Waals surface area contributed by atoms with Crippen molar-refractivity contribution in [2.45, 2.75) is 38.6 Å². The Morgan fingerprint density at radius 2 is 2.04 bits per heavy atom. The molecule has 0 unspecified atom stereocenters. The number of para-hydroxylation sites is 1. The lowest BCUT2D eigenvalue weighted by Gasteiger charge is -2.29. The number of hydrogen-bond donors (Lipinski definition) is 1. The molecule has 25 heavy (non-hydrogen) atoms. The zero-order valence-corrected chi connectivity index (χ0v) is 14.1. The average Bonchev–Trinajstić information content (AvgIpc) is 2.60. The number of ether oxygens (including phenoxy) is 1. The maximum atomic E-state index is 11.9. The largest absolute Gasteiger partial charge is 0.452 e. The molecule has 0 spiro atoms. The van der Waals surface area contributed by atoms with Gasteiger partial charge in [0.2, 0.25) is 0 Å². The normalized spacial score (nSPS) is 20.2. The number of nitrogens with one attached hydrogen (secondary N) is 1. The van der Waals surface area contributed by atoms with Crippen molar-refractivity contribution < 1.29 is 19.2 Å². The smallest absolute Gasteiger partial charge is 0.331 e. The Morgan fingerprint density at radius 3 is 2.76 bits per heavy atom. The van der Waals surface area contributed by atoms with Gasteiger partial charge in [-0.1, -0.05) is 31.9 Å². The monoisotopic (exact) mass is 346 g/mol. The molecule has 1 amide bonds. The van der Waals surface area contributed by atoms with Crippen LogP contribution in [-0.4, -0.2) is 29.4 Å². The lowest BCUT2D eigenvalue weighted by Crippen LogP contribution is -2.42. The first-order valence-corrected chi connectivity index (χ1v) is 8.35. The highest BCUT2D eigenvalue weighted by Crippen LogP contribution is 2.23. The first-order chi connectivity index (χ1) is 12.0. The van der Waals surface area contributed by atoms with Gasteiger partial charge >= 0.3 is 5.97 Å². The lowest BCUT2D eigenvalue weighted by molar-refractivity contribution is -0.385. The number of hydrogen-bond acceptors (Lipinski definition) is 5. The molecule has 134 valence electrons. The molecule has 1 aromatic rings. The zero-order valence-electron chi connectivity index (χ0n) is 14.1. The third-order valence-electron chi connectivity index (χ3n) is 4.34. The molecule has 1 aromatic carbocycles. The molecule has 7 heteroatoms. The van der Waals surface area contributed by atoms with E-state index < -0.39 is 10.9 Å². The summed E-state index contributed by atoms with van der Waals surface area (Å²) >= 11 is 0. The minimum absolute atomic E-state index is 0.101. The van der Waals surface area contributed by atoms with E-state index >= 15 is 0 Å². The van der Waals surface area contributed by atoms with Gasteiger partial charge in [0.15, 0.2) is 6.61 Å². The summed E-state index contributed by atoms with van der Waals surface area (Å²) in [7, 11) is 0. The van der Waals surface area contributed by atoms with E-state index in [4.69, 9.17) is 4.74 Å². The second-order valence-corrected chi connectivity index (χ2v) is 6.19. The molecule has 1 fully saturated rings. The maximum Gasteiger partial charge on any atom is 0.331 e. The summed E-state index contributed by atoms with van der Waals surface area (Å²) in [6.45, 7) is 1.74. The van der Waals surface area contributed by atoms with E-state index in [0.717, 1.165) is 25.3 Å². The molecule has 0 bridgehead atoms. The van der Waals surface area contributed by atoms with Crippen molar-refractivity contribution >= 4 is 23.6 Å². The van der Waals surface area contributed by atoms with Crippen LogP contribution in [0.2, 0.25) is 0 Å². The Labute approximate surface area is 146 Å². The Bertz CT molecular complexity index is 671. The first-order valence-electron chi connectivity index (χ1n) is 8.35. The molecule has 7 nitrogen and oxygen atoms in total. The standard InChI is InChI=1S/C18H22N2O5/c1-13-6-2-4-8-15(13)19-17(21)12-25-18(22)11-10-14-7-3-5-9-16(14)20(23)24/h3,5,7,9-11,13,15H,2,4,6,8,12H2,1H3,(H,19,21)/b11-10+/t13-,15-/m1/s1. The molecular weight excluding hydrogens is 324 g/mol. The summed E-state index contributed by atoms with van der Waals surface area (Å²) in [6, 6.07) is 6.19. The molecule has 0 radical (unpaired) electrons. The van der Waals surface area contributed by atoms with Crippen LogP contribution in [0.5, 0.6) is 0 Å². The van der Waals surface area contributed by atoms with Gasteiger partial charge < -0.3 is 10.1 Å². The minimum atomic E-state index is -0.718. The van der Waals surface area contributed by atoms with E-state index in [2.05, 4.69) is 12.2 Å². The predicted octanol–water partition coefficient (Wildman–Crippen LogP) is 2.85. The van der Waals surface area contributed by atoms with Crippen molar-refractivity contribution in [3.63, 3.8) is 0 Å². The van der Waals surface area contributed by atoms with Crippen molar-refractivity contribution in [2.75, 3.05) is 6.61 Å². The second kappa shape index (κ2) is 8.96. The van der Waals surface area contributed by atoms with E-state index in [-0.39, 0.29) is 24.2 Å². The Balaban J connectivity index is 1.82. The van der Waals surface area contributed by atoms with Gasteiger partial charge in [-0.3, -0.25) is 14.9 Å². The summed E-state index contributed by atoms with van der Waals surface area (Å²) in [5.41, 5.74) is 0.195. The number of nitrogens with zero attached hydrogens (tertiary/aromatic N) is 1. The molecule has 2 rings (SSSR count). The van der Waals surface area contributed by atoms with E-state index in [1.54, 1.807) is 12.1 Å². The molecule has 0 heterocycles. The van der Waals surface area contributed by atoms with Crippen LogP contribution in [0.3, 0.4) is 0 Å². The number of carbonyl (C=O) groups is 2. The molecule has 1 aliphatic rings. The van der Waals surface area contributed by atoms with Gasteiger partial charge in [-0.15, -0.1) is 0 Å². The molecule has 0 saturated heterocycles. The molecule has 1 aliphatic carbocycles. The molecular formula is C18H22N2O5. The minimum Gasteiger partial charge on any atom is -0.452 e. The third kappa shape index (κ3) is 5.70.